The number of likely N-dealkylation sites (tertiary alicyclic amines) is 1. The van der Waals surface area contributed by atoms with Crippen molar-refractivity contribution in [3.63, 3.8) is 0 Å². The highest BCUT2D eigenvalue weighted by atomic mass is 16.2. The summed E-state index contributed by atoms with van der Waals surface area (Å²) in [7, 11) is 1.73. The van der Waals surface area contributed by atoms with Gasteiger partial charge in [-0.05, 0) is 24.9 Å². The van der Waals surface area contributed by atoms with Gasteiger partial charge in [0.05, 0.1) is 6.54 Å². The molecule has 2 aliphatic heterocycles. The Morgan fingerprint density at radius 1 is 1.17 bits per heavy atom. The lowest BCUT2D eigenvalue weighted by Gasteiger charge is -2.31. The van der Waals surface area contributed by atoms with Crippen LogP contribution in [0, 0.1) is 0 Å². The van der Waals surface area contributed by atoms with E-state index >= 15 is 0 Å². The summed E-state index contributed by atoms with van der Waals surface area (Å²) in [6, 6.07) is 11.3. The van der Waals surface area contributed by atoms with E-state index in [0.29, 0.717) is 6.04 Å². The molecule has 1 saturated heterocycles. The molecule has 1 fully saturated rings. The summed E-state index contributed by atoms with van der Waals surface area (Å²) in [5, 5.41) is 4.38. The highest BCUT2D eigenvalue weighted by Crippen LogP contribution is 2.20. The van der Waals surface area contributed by atoms with Crippen molar-refractivity contribution in [2.24, 2.45) is 7.05 Å². The second-order valence-corrected chi connectivity index (χ2v) is 6.92. The Labute approximate surface area is 142 Å². The van der Waals surface area contributed by atoms with Gasteiger partial charge in [-0.2, -0.15) is 5.10 Å². The molecule has 128 valence electrons. The highest BCUT2D eigenvalue weighted by molar-refractivity contribution is 5.15. The zero-order valence-electron chi connectivity index (χ0n) is 14.3. The number of rotatable bonds is 4. The Morgan fingerprint density at radius 3 is 2.83 bits per heavy atom. The minimum atomic E-state index is 0.0144. The van der Waals surface area contributed by atoms with Crippen LogP contribution in [-0.4, -0.2) is 56.4 Å². The van der Waals surface area contributed by atoms with Crippen molar-refractivity contribution in [3.05, 3.63) is 52.2 Å². The monoisotopic (exact) mass is 327 g/mol. The Kier molecular flexibility index (Phi) is 4.24. The Morgan fingerprint density at radius 2 is 2.00 bits per heavy atom. The predicted molar refractivity (Wildman–Crippen MR) is 92.9 cm³/mol. The van der Waals surface area contributed by atoms with Gasteiger partial charge in [-0.1, -0.05) is 30.3 Å². The van der Waals surface area contributed by atoms with Crippen LogP contribution in [0.1, 0.15) is 17.8 Å². The van der Waals surface area contributed by atoms with Crippen LogP contribution in [0.5, 0.6) is 0 Å². The number of aryl methyl sites for hydroxylation is 1. The number of benzene rings is 1. The predicted octanol–water partition coefficient (Wildman–Crippen LogP) is 0.714. The first kappa shape index (κ1) is 15.6. The molecule has 6 nitrogen and oxygen atoms in total. The molecule has 0 amide bonds. The summed E-state index contributed by atoms with van der Waals surface area (Å²) >= 11 is 0. The fourth-order valence-corrected chi connectivity index (χ4v) is 3.94. The first-order valence-electron chi connectivity index (χ1n) is 8.84. The largest absolute Gasteiger partial charge is 0.345 e. The number of nitrogens with zero attached hydrogens (tertiary/aromatic N) is 5. The fraction of sp³-hybridized carbons (Fsp3) is 0.556. The van der Waals surface area contributed by atoms with Crippen LogP contribution in [0.2, 0.25) is 0 Å². The van der Waals surface area contributed by atoms with Gasteiger partial charge < -0.3 is 4.90 Å². The van der Waals surface area contributed by atoms with Crippen LogP contribution in [-0.2, 0) is 26.6 Å². The maximum atomic E-state index is 11.9. The van der Waals surface area contributed by atoms with Gasteiger partial charge in [-0.15, -0.1) is 0 Å². The minimum absolute atomic E-state index is 0.0144. The lowest BCUT2D eigenvalue weighted by atomic mass is 10.1. The van der Waals surface area contributed by atoms with E-state index in [1.807, 2.05) is 4.57 Å². The van der Waals surface area contributed by atoms with E-state index in [2.05, 4.69) is 45.2 Å². The molecule has 1 atom stereocenters. The van der Waals surface area contributed by atoms with Crippen molar-refractivity contribution in [2.45, 2.75) is 32.0 Å². The molecular weight excluding hydrogens is 302 g/mol. The second kappa shape index (κ2) is 6.53. The zero-order chi connectivity index (χ0) is 16.5. The zero-order valence-corrected chi connectivity index (χ0v) is 14.3. The average Bonchev–Trinajstić information content (AvgIpc) is 3.19. The van der Waals surface area contributed by atoms with Crippen molar-refractivity contribution in [3.8, 4) is 0 Å². The van der Waals surface area contributed by atoms with Crippen molar-refractivity contribution in [1.29, 1.82) is 0 Å². The first-order valence-corrected chi connectivity index (χ1v) is 8.84. The van der Waals surface area contributed by atoms with Crippen molar-refractivity contribution >= 4 is 0 Å². The molecule has 6 heteroatoms. The van der Waals surface area contributed by atoms with E-state index in [4.69, 9.17) is 0 Å². The molecule has 0 spiro atoms. The quantitative estimate of drug-likeness (QED) is 0.830. The van der Waals surface area contributed by atoms with Crippen molar-refractivity contribution < 1.29 is 0 Å². The normalized spacial score (nSPS) is 22.0. The molecule has 0 radical (unpaired) electrons. The van der Waals surface area contributed by atoms with Crippen molar-refractivity contribution in [2.75, 3.05) is 26.2 Å². The van der Waals surface area contributed by atoms with Crippen LogP contribution in [0.25, 0.3) is 0 Å². The van der Waals surface area contributed by atoms with Gasteiger partial charge in [-0.25, -0.2) is 9.48 Å². The number of aromatic nitrogens is 3. The average molecular weight is 327 g/mol. The van der Waals surface area contributed by atoms with Gasteiger partial charge in [0, 0.05) is 39.3 Å². The number of hydrogen-bond donors (Lipinski definition) is 0. The molecular formula is C18H25N5O. The third-order valence-electron chi connectivity index (χ3n) is 5.36. The van der Waals surface area contributed by atoms with Crippen molar-refractivity contribution in [1.82, 2.24) is 24.1 Å². The number of hydrogen-bond acceptors (Lipinski definition) is 4. The van der Waals surface area contributed by atoms with Gasteiger partial charge in [-0.3, -0.25) is 9.47 Å². The molecule has 2 aliphatic rings. The van der Waals surface area contributed by atoms with E-state index in [1.54, 1.807) is 7.05 Å². The summed E-state index contributed by atoms with van der Waals surface area (Å²) in [6.07, 6.45) is 2.33. The van der Waals surface area contributed by atoms with Crippen LogP contribution in [0.15, 0.2) is 35.1 Å². The SMILES string of the molecule is Cn1nc2n(c1=O)CCN(C1CCN(CCc3ccccc3)C1)C2. The van der Waals surface area contributed by atoms with Gasteiger partial charge in [0.2, 0.25) is 0 Å². The van der Waals surface area contributed by atoms with Gasteiger partial charge in [0.15, 0.2) is 0 Å². The summed E-state index contributed by atoms with van der Waals surface area (Å²) in [6.45, 7) is 5.95. The molecule has 0 bridgehead atoms. The molecule has 1 unspecified atom stereocenters. The molecule has 1 aromatic heterocycles. The molecule has 0 saturated carbocycles. The molecule has 3 heterocycles. The standard InChI is InChI=1S/C18H25N5O/c1-20-18(24)23-12-11-22(14-17(23)19-20)16-8-10-21(13-16)9-7-15-5-3-2-4-6-15/h2-6,16H,7-14H2,1H3. The summed E-state index contributed by atoms with van der Waals surface area (Å²) in [5.41, 5.74) is 1.43. The smallest absolute Gasteiger partial charge is 0.301 e. The Balaban J connectivity index is 1.33. The van der Waals surface area contributed by atoms with E-state index < -0.39 is 0 Å². The molecule has 2 aromatic rings. The lowest BCUT2D eigenvalue weighted by Crippen LogP contribution is -2.44. The molecule has 24 heavy (non-hydrogen) atoms. The fourth-order valence-electron chi connectivity index (χ4n) is 3.94. The van der Waals surface area contributed by atoms with Gasteiger partial charge in [0.25, 0.3) is 0 Å². The molecule has 4 rings (SSSR count). The summed E-state index contributed by atoms with van der Waals surface area (Å²) in [4.78, 5) is 17.0. The molecule has 0 N–H and O–H groups in total. The summed E-state index contributed by atoms with van der Waals surface area (Å²) in [5.74, 6) is 0.913. The first-order chi connectivity index (χ1) is 11.7. The van der Waals surface area contributed by atoms with E-state index in [0.717, 1.165) is 45.0 Å². The minimum Gasteiger partial charge on any atom is -0.301 e. The maximum absolute atomic E-state index is 11.9. The van der Waals surface area contributed by atoms with E-state index in [-0.39, 0.29) is 5.69 Å². The second-order valence-electron chi connectivity index (χ2n) is 6.92. The Hall–Kier alpha value is -1.92. The highest BCUT2D eigenvalue weighted by Gasteiger charge is 2.31. The topological polar surface area (TPSA) is 46.3 Å². The third kappa shape index (κ3) is 3.03. The van der Waals surface area contributed by atoms with Crippen LogP contribution in [0.4, 0.5) is 0 Å². The maximum Gasteiger partial charge on any atom is 0.345 e. The van der Waals surface area contributed by atoms with Gasteiger partial charge >= 0.3 is 5.69 Å². The molecule has 0 aliphatic carbocycles. The van der Waals surface area contributed by atoms with Crippen LogP contribution in [0.3, 0.4) is 0 Å². The van der Waals surface area contributed by atoms with Crippen LogP contribution >= 0.6 is 0 Å². The number of fused-ring (bicyclic) bond motifs is 1. The van der Waals surface area contributed by atoms with Crippen LogP contribution < -0.4 is 5.69 Å². The molecule has 1 aromatic carbocycles. The van der Waals surface area contributed by atoms with E-state index in [1.165, 1.54) is 23.2 Å². The lowest BCUT2D eigenvalue weighted by molar-refractivity contribution is 0.151. The van der Waals surface area contributed by atoms with Gasteiger partial charge in [0.1, 0.15) is 5.82 Å². The summed E-state index contributed by atoms with van der Waals surface area (Å²) < 4.78 is 3.28. The Bertz CT molecular complexity index is 751. The van der Waals surface area contributed by atoms with E-state index in [9.17, 15) is 4.79 Å². The third-order valence-corrected chi connectivity index (χ3v) is 5.36.